The molecule has 2 rings (SSSR count). The fourth-order valence-corrected chi connectivity index (χ4v) is 3.88. The van der Waals surface area contributed by atoms with Gasteiger partial charge < -0.3 is 15.6 Å². The Hall–Kier alpha value is -1.22. The Balaban J connectivity index is 2.10. The lowest BCUT2D eigenvalue weighted by molar-refractivity contribution is 0.00317. The van der Waals surface area contributed by atoms with Gasteiger partial charge in [-0.15, -0.1) is 0 Å². The molecule has 0 radical (unpaired) electrons. The number of hydrogen-bond acceptors (Lipinski definition) is 5. The molecule has 118 valence electrons. The van der Waals surface area contributed by atoms with Crippen LogP contribution in [-0.4, -0.2) is 50.2 Å². The zero-order valence-corrected chi connectivity index (χ0v) is 12.4. The third-order valence-electron chi connectivity index (χ3n) is 3.42. The van der Waals surface area contributed by atoms with Crippen LogP contribution in [0.4, 0.5) is 10.1 Å². The Kier molecular flexibility index (Phi) is 5.15. The molecule has 3 N–H and O–H groups in total. The van der Waals surface area contributed by atoms with Crippen molar-refractivity contribution in [2.45, 2.75) is 23.8 Å². The molecule has 1 fully saturated rings. The van der Waals surface area contributed by atoms with E-state index in [4.69, 9.17) is 15.6 Å². The molecular formula is C13H19FN2O4S. The first-order valence-corrected chi connectivity index (χ1v) is 8.17. The van der Waals surface area contributed by atoms with E-state index in [1.165, 1.54) is 10.4 Å². The smallest absolute Gasteiger partial charge is 0.246 e. The topological polar surface area (TPSA) is 92.9 Å². The van der Waals surface area contributed by atoms with Gasteiger partial charge >= 0.3 is 0 Å². The number of sulfonamides is 1. The zero-order valence-electron chi connectivity index (χ0n) is 11.5. The first-order chi connectivity index (χ1) is 9.95. The minimum absolute atomic E-state index is 0.0625. The molecule has 0 unspecified atom stereocenters. The number of aliphatic hydroxyl groups is 1. The van der Waals surface area contributed by atoms with Gasteiger partial charge in [0, 0.05) is 18.8 Å². The maximum atomic E-state index is 13.7. The minimum atomic E-state index is -3.89. The number of nitrogens with two attached hydrogens (primary N) is 1. The second kappa shape index (κ2) is 6.69. The van der Waals surface area contributed by atoms with Gasteiger partial charge in [-0.25, -0.2) is 12.8 Å². The van der Waals surface area contributed by atoms with Crippen molar-refractivity contribution in [2.24, 2.45) is 0 Å². The summed E-state index contributed by atoms with van der Waals surface area (Å²) in [6, 6.07) is 3.52. The number of piperidine rings is 1. The third-order valence-corrected chi connectivity index (χ3v) is 5.33. The molecule has 1 aliphatic rings. The van der Waals surface area contributed by atoms with E-state index in [9.17, 15) is 12.8 Å². The molecule has 1 aliphatic heterocycles. The summed E-state index contributed by atoms with van der Waals surface area (Å²) in [4.78, 5) is -0.391. The number of nitrogens with zero attached hydrogens (tertiary/aromatic N) is 1. The molecule has 0 atom stereocenters. The van der Waals surface area contributed by atoms with Crippen LogP contribution >= 0.6 is 0 Å². The van der Waals surface area contributed by atoms with Gasteiger partial charge in [0.1, 0.15) is 10.7 Å². The van der Waals surface area contributed by atoms with Crippen molar-refractivity contribution >= 4 is 15.7 Å². The van der Waals surface area contributed by atoms with E-state index in [0.29, 0.717) is 12.8 Å². The first-order valence-electron chi connectivity index (χ1n) is 6.73. The van der Waals surface area contributed by atoms with Crippen molar-refractivity contribution in [3.05, 3.63) is 24.0 Å². The summed E-state index contributed by atoms with van der Waals surface area (Å²) in [5, 5.41) is 8.70. The minimum Gasteiger partial charge on any atom is -0.399 e. The SMILES string of the molecule is Nc1ccc(F)c(S(=O)(=O)N2CCC(OCCO)CC2)c1. The number of rotatable bonds is 5. The highest BCUT2D eigenvalue weighted by Crippen LogP contribution is 2.25. The van der Waals surface area contributed by atoms with Crippen LogP contribution < -0.4 is 5.73 Å². The Bertz CT molecular complexity index is 586. The molecule has 0 aliphatic carbocycles. The first kappa shape index (κ1) is 16.2. The van der Waals surface area contributed by atoms with Crippen LogP contribution in [0, 0.1) is 5.82 Å². The van der Waals surface area contributed by atoms with Gasteiger partial charge in [-0.05, 0) is 31.0 Å². The molecule has 8 heteroatoms. The van der Waals surface area contributed by atoms with Crippen molar-refractivity contribution in [2.75, 3.05) is 32.0 Å². The number of benzene rings is 1. The van der Waals surface area contributed by atoms with Crippen LogP contribution in [0.15, 0.2) is 23.1 Å². The van der Waals surface area contributed by atoms with E-state index in [1.54, 1.807) is 0 Å². The van der Waals surface area contributed by atoms with Crippen molar-refractivity contribution in [3.8, 4) is 0 Å². The molecule has 1 aromatic rings. The van der Waals surface area contributed by atoms with Crippen molar-refractivity contribution in [1.82, 2.24) is 4.31 Å². The van der Waals surface area contributed by atoms with E-state index < -0.39 is 20.7 Å². The Morgan fingerprint density at radius 3 is 2.67 bits per heavy atom. The molecule has 0 saturated carbocycles. The largest absolute Gasteiger partial charge is 0.399 e. The molecule has 0 amide bonds. The van der Waals surface area contributed by atoms with E-state index in [2.05, 4.69) is 0 Å². The molecule has 1 aromatic carbocycles. The van der Waals surface area contributed by atoms with Gasteiger partial charge in [-0.3, -0.25) is 0 Å². The number of ether oxygens (including phenoxy) is 1. The Morgan fingerprint density at radius 1 is 1.38 bits per heavy atom. The summed E-state index contributed by atoms with van der Waals surface area (Å²) in [5.41, 5.74) is 5.74. The monoisotopic (exact) mass is 318 g/mol. The van der Waals surface area contributed by atoms with Crippen molar-refractivity contribution < 1.29 is 22.7 Å². The molecule has 1 saturated heterocycles. The fourth-order valence-electron chi connectivity index (χ4n) is 2.32. The van der Waals surface area contributed by atoms with E-state index in [-0.39, 0.29) is 38.1 Å². The number of aliphatic hydroxyl groups excluding tert-OH is 1. The average Bonchev–Trinajstić information content (AvgIpc) is 2.48. The molecule has 1 heterocycles. The highest BCUT2D eigenvalue weighted by atomic mass is 32.2. The zero-order chi connectivity index (χ0) is 15.5. The van der Waals surface area contributed by atoms with Crippen molar-refractivity contribution in [1.29, 1.82) is 0 Å². The highest BCUT2D eigenvalue weighted by Gasteiger charge is 2.31. The summed E-state index contributed by atoms with van der Waals surface area (Å²) < 4.78 is 45.2. The van der Waals surface area contributed by atoms with E-state index in [1.807, 2.05) is 0 Å². The molecule has 0 aromatic heterocycles. The lowest BCUT2D eigenvalue weighted by Crippen LogP contribution is -2.41. The lowest BCUT2D eigenvalue weighted by atomic mass is 10.1. The van der Waals surface area contributed by atoms with Crippen LogP contribution in [0.1, 0.15) is 12.8 Å². The average molecular weight is 318 g/mol. The van der Waals surface area contributed by atoms with E-state index >= 15 is 0 Å². The standard InChI is InChI=1S/C13H19FN2O4S/c14-12-2-1-10(15)9-13(12)21(18,19)16-5-3-11(4-6-16)20-8-7-17/h1-2,9,11,17H,3-8,15H2. The number of halogens is 1. The third kappa shape index (κ3) is 3.70. The number of hydrogen-bond donors (Lipinski definition) is 2. The lowest BCUT2D eigenvalue weighted by Gasteiger charge is -2.31. The second-order valence-electron chi connectivity index (χ2n) is 4.89. The summed E-state index contributed by atoms with van der Waals surface area (Å²) in [6.45, 7) is 0.688. The maximum Gasteiger partial charge on any atom is 0.246 e. The van der Waals surface area contributed by atoms with Crippen LogP contribution in [0.25, 0.3) is 0 Å². The number of anilines is 1. The summed E-state index contributed by atoms with van der Waals surface area (Å²) in [7, 11) is -3.89. The quantitative estimate of drug-likeness (QED) is 0.774. The fraction of sp³-hybridized carbons (Fsp3) is 0.538. The second-order valence-corrected chi connectivity index (χ2v) is 6.79. The van der Waals surface area contributed by atoms with Crippen LogP contribution in [0.2, 0.25) is 0 Å². The van der Waals surface area contributed by atoms with Gasteiger partial charge in [0.15, 0.2) is 0 Å². The molecule has 0 bridgehead atoms. The highest BCUT2D eigenvalue weighted by molar-refractivity contribution is 7.89. The van der Waals surface area contributed by atoms with E-state index in [0.717, 1.165) is 12.1 Å². The van der Waals surface area contributed by atoms with Crippen LogP contribution in [0.3, 0.4) is 0 Å². The van der Waals surface area contributed by atoms with Gasteiger partial charge in [0.05, 0.1) is 19.3 Å². The normalized spacial score (nSPS) is 18.0. The molecule has 6 nitrogen and oxygen atoms in total. The predicted octanol–water partition coefficient (Wildman–Crippen LogP) is 0.570. The Morgan fingerprint density at radius 2 is 2.05 bits per heavy atom. The molecule has 21 heavy (non-hydrogen) atoms. The number of nitrogen functional groups attached to an aromatic ring is 1. The van der Waals surface area contributed by atoms with Crippen LogP contribution in [-0.2, 0) is 14.8 Å². The van der Waals surface area contributed by atoms with Gasteiger partial charge in [0.25, 0.3) is 0 Å². The predicted molar refractivity (Wildman–Crippen MR) is 75.6 cm³/mol. The Labute approximate surface area is 123 Å². The summed E-state index contributed by atoms with van der Waals surface area (Å²) >= 11 is 0. The maximum absolute atomic E-state index is 13.7. The van der Waals surface area contributed by atoms with Crippen LogP contribution in [0.5, 0.6) is 0 Å². The molecular weight excluding hydrogens is 299 g/mol. The molecule has 0 spiro atoms. The van der Waals surface area contributed by atoms with Gasteiger partial charge in [-0.2, -0.15) is 4.31 Å². The van der Waals surface area contributed by atoms with Gasteiger partial charge in [0.2, 0.25) is 10.0 Å². The van der Waals surface area contributed by atoms with Crippen molar-refractivity contribution in [3.63, 3.8) is 0 Å². The summed E-state index contributed by atoms with van der Waals surface area (Å²) in [6.07, 6.45) is 0.959. The summed E-state index contributed by atoms with van der Waals surface area (Å²) in [5.74, 6) is -0.803. The van der Waals surface area contributed by atoms with Gasteiger partial charge in [-0.1, -0.05) is 0 Å².